The predicted molar refractivity (Wildman–Crippen MR) is 67.2 cm³/mol. The van der Waals surface area contributed by atoms with E-state index in [0.29, 0.717) is 11.8 Å². The molecule has 2 aliphatic carbocycles. The maximum atomic E-state index is 5.29. The monoisotopic (exact) mass is 228 g/mol. The molecule has 0 aromatic heterocycles. The molecule has 0 saturated heterocycles. The average molecular weight is 228 g/mol. The van der Waals surface area contributed by atoms with Gasteiger partial charge in [0.15, 0.2) is 0 Å². The highest BCUT2D eigenvalue weighted by atomic mass is 16.5. The van der Waals surface area contributed by atoms with Gasteiger partial charge in [-0.15, -0.1) is 0 Å². The maximum Gasteiger partial charge on any atom is 0.119 e. The molecule has 2 heteroatoms. The van der Waals surface area contributed by atoms with Gasteiger partial charge in [0.05, 0.1) is 14.2 Å². The lowest BCUT2D eigenvalue weighted by Crippen LogP contribution is -2.07. The first-order chi connectivity index (χ1) is 8.31. The third-order valence-electron chi connectivity index (χ3n) is 3.71. The summed E-state index contributed by atoms with van der Waals surface area (Å²) in [6.45, 7) is 0. The summed E-state index contributed by atoms with van der Waals surface area (Å²) >= 11 is 0. The lowest BCUT2D eigenvalue weighted by atomic mass is 9.88. The zero-order valence-electron chi connectivity index (χ0n) is 10.1. The first kappa shape index (κ1) is 10.5. The molecule has 0 bridgehead atoms. The second-order valence-corrected chi connectivity index (χ2v) is 4.59. The maximum absolute atomic E-state index is 5.29. The van der Waals surface area contributed by atoms with E-state index in [1.54, 1.807) is 14.2 Å². The van der Waals surface area contributed by atoms with Crippen molar-refractivity contribution in [1.29, 1.82) is 0 Å². The van der Waals surface area contributed by atoms with Crippen LogP contribution in [0.15, 0.2) is 42.2 Å². The summed E-state index contributed by atoms with van der Waals surface area (Å²) < 4.78 is 10.6. The van der Waals surface area contributed by atoms with E-state index >= 15 is 0 Å². The van der Waals surface area contributed by atoms with Gasteiger partial charge in [-0.2, -0.15) is 0 Å². The summed E-state index contributed by atoms with van der Waals surface area (Å²) in [5.74, 6) is 2.97. The zero-order valence-corrected chi connectivity index (χ0v) is 10.1. The van der Waals surface area contributed by atoms with E-state index in [1.165, 1.54) is 11.1 Å². The molecule has 17 heavy (non-hydrogen) atoms. The van der Waals surface area contributed by atoms with E-state index in [0.717, 1.165) is 17.9 Å². The molecule has 2 atom stereocenters. The van der Waals surface area contributed by atoms with Gasteiger partial charge in [0, 0.05) is 5.92 Å². The minimum absolute atomic E-state index is 0.509. The van der Waals surface area contributed by atoms with Crippen LogP contribution in [0.5, 0.6) is 5.75 Å². The Kier molecular flexibility index (Phi) is 2.43. The van der Waals surface area contributed by atoms with Gasteiger partial charge in [-0.1, -0.05) is 12.1 Å². The van der Waals surface area contributed by atoms with Crippen molar-refractivity contribution in [2.24, 2.45) is 5.92 Å². The van der Waals surface area contributed by atoms with Gasteiger partial charge < -0.3 is 9.47 Å². The first-order valence-electron chi connectivity index (χ1n) is 5.92. The Balaban J connectivity index is 1.97. The Labute approximate surface area is 102 Å². The second-order valence-electron chi connectivity index (χ2n) is 4.59. The van der Waals surface area contributed by atoms with E-state index in [-0.39, 0.29) is 0 Å². The molecule has 0 N–H and O–H groups in total. The van der Waals surface area contributed by atoms with Crippen molar-refractivity contribution in [3.05, 3.63) is 53.3 Å². The standard InChI is InChI=1S/C15H16O2/c1-16-12-3-5-14-10(8-12)7-11-9-13(17-2)4-6-15(11)14/h3-6,8-10,14H,7H2,1-2H3. The van der Waals surface area contributed by atoms with Crippen molar-refractivity contribution in [2.75, 3.05) is 14.2 Å². The van der Waals surface area contributed by atoms with E-state index in [2.05, 4.69) is 30.4 Å². The highest BCUT2D eigenvalue weighted by Crippen LogP contribution is 2.43. The number of fused-ring (bicyclic) bond motifs is 3. The molecule has 0 aliphatic heterocycles. The van der Waals surface area contributed by atoms with Crippen LogP contribution < -0.4 is 4.74 Å². The van der Waals surface area contributed by atoms with Gasteiger partial charge >= 0.3 is 0 Å². The SMILES string of the molecule is COC1=CC2Cc3cc(OC)ccc3C2C=C1. The van der Waals surface area contributed by atoms with Crippen LogP contribution in [0.3, 0.4) is 0 Å². The first-order valence-corrected chi connectivity index (χ1v) is 5.92. The average Bonchev–Trinajstić information content (AvgIpc) is 2.74. The van der Waals surface area contributed by atoms with Gasteiger partial charge in [0.1, 0.15) is 11.5 Å². The van der Waals surface area contributed by atoms with E-state index in [1.807, 2.05) is 6.07 Å². The minimum atomic E-state index is 0.509. The lowest BCUT2D eigenvalue weighted by molar-refractivity contribution is 0.298. The molecule has 1 aromatic carbocycles. The third-order valence-corrected chi connectivity index (χ3v) is 3.71. The summed E-state index contributed by atoms with van der Waals surface area (Å²) in [6.07, 6.45) is 7.63. The molecule has 1 aromatic rings. The van der Waals surface area contributed by atoms with E-state index < -0.39 is 0 Å². The van der Waals surface area contributed by atoms with Crippen LogP contribution in [-0.2, 0) is 11.2 Å². The quantitative estimate of drug-likeness (QED) is 0.774. The van der Waals surface area contributed by atoms with Gasteiger partial charge in [0.25, 0.3) is 0 Å². The number of allylic oxidation sites excluding steroid dienone is 3. The van der Waals surface area contributed by atoms with Crippen LogP contribution in [0.1, 0.15) is 17.0 Å². The fraction of sp³-hybridized carbons (Fsp3) is 0.333. The predicted octanol–water partition coefficient (Wildman–Crippen LogP) is 3.05. The van der Waals surface area contributed by atoms with Crippen LogP contribution in [0.25, 0.3) is 0 Å². The van der Waals surface area contributed by atoms with Crippen molar-refractivity contribution in [3.8, 4) is 5.75 Å². The molecular weight excluding hydrogens is 212 g/mol. The smallest absolute Gasteiger partial charge is 0.119 e. The van der Waals surface area contributed by atoms with Crippen LogP contribution in [0.4, 0.5) is 0 Å². The molecule has 2 nitrogen and oxygen atoms in total. The molecule has 0 radical (unpaired) electrons. The zero-order chi connectivity index (χ0) is 11.8. The molecule has 0 heterocycles. The normalized spacial score (nSPS) is 24.9. The minimum Gasteiger partial charge on any atom is -0.497 e. The highest BCUT2D eigenvalue weighted by Gasteiger charge is 2.31. The number of hydrogen-bond acceptors (Lipinski definition) is 2. The van der Waals surface area contributed by atoms with Crippen molar-refractivity contribution in [3.63, 3.8) is 0 Å². The Bertz CT molecular complexity index is 500. The third kappa shape index (κ3) is 1.64. The lowest BCUT2D eigenvalue weighted by Gasteiger charge is -2.18. The molecule has 0 fully saturated rings. The van der Waals surface area contributed by atoms with Crippen LogP contribution in [0.2, 0.25) is 0 Å². The summed E-state index contributed by atoms with van der Waals surface area (Å²) in [5, 5.41) is 0. The van der Waals surface area contributed by atoms with Crippen molar-refractivity contribution in [1.82, 2.24) is 0 Å². The number of benzene rings is 1. The number of methoxy groups -OCH3 is 2. The molecular formula is C15H16O2. The van der Waals surface area contributed by atoms with E-state index in [4.69, 9.17) is 9.47 Å². The van der Waals surface area contributed by atoms with Crippen molar-refractivity contribution >= 4 is 0 Å². The Morgan fingerprint density at radius 2 is 2.06 bits per heavy atom. The van der Waals surface area contributed by atoms with Crippen LogP contribution >= 0.6 is 0 Å². The summed E-state index contributed by atoms with van der Waals surface area (Å²) in [5.41, 5.74) is 2.83. The summed E-state index contributed by atoms with van der Waals surface area (Å²) in [4.78, 5) is 0. The van der Waals surface area contributed by atoms with Crippen molar-refractivity contribution in [2.45, 2.75) is 12.3 Å². The summed E-state index contributed by atoms with van der Waals surface area (Å²) in [6, 6.07) is 6.39. The largest absolute Gasteiger partial charge is 0.497 e. The van der Waals surface area contributed by atoms with Gasteiger partial charge in [-0.05, 0) is 47.8 Å². The number of ether oxygens (including phenoxy) is 2. The summed E-state index contributed by atoms with van der Waals surface area (Å²) in [7, 11) is 3.44. The van der Waals surface area contributed by atoms with Crippen LogP contribution in [0, 0.1) is 5.92 Å². The molecule has 0 spiro atoms. The van der Waals surface area contributed by atoms with Gasteiger partial charge in [0.2, 0.25) is 0 Å². The second kappa shape index (κ2) is 3.95. The molecule has 2 unspecified atom stereocenters. The number of hydrogen-bond donors (Lipinski definition) is 0. The Hall–Kier alpha value is -1.70. The fourth-order valence-corrected chi connectivity index (χ4v) is 2.83. The highest BCUT2D eigenvalue weighted by molar-refractivity contribution is 5.47. The topological polar surface area (TPSA) is 18.5 Å². The van der Waals surface area contributed by atoms with Gasteiger partial charge in [-0.3, -0.25) is 0 Å². The molecule has 0 saturated carbocycles. The molecule has 2 aliphatic rings. The molecule has 3 rings (SSSR count). The van der Waals surface area contributed by atoms with E-state index in [9.17, 15) is 0 Å². The Morgan fingerprint density at radius 1 is 1.18 bits per heavy atom. The molecule has 0 amide bonds. The van der Waals surface area contributed by atoms with Crippen molar-refractivity contribution < 1.29 is 9.47 Å². The molecule has 88 valence electrons. The Morgan fingerprint density at radius 3 is 2.82 bits per heavy atom. The van der Waals surface area contributed by atoms with Crippen LogP contribution in [-0.4, -0.2) is 14.2 Å². The number of rotatable bonds is 2. The van der Waals surface area contributed by atoms with Gasteiger partial charge in [-0.25, -0.2) is 0 Å². The fourth-order valence-electron chi connectivity index (χ4n) is 2.83.